The van der Waals surface area contributed by atoms with Crippen LogP contribution in [0.2, 0.25) is 5.02 Å². The summed E-state index contributed by atoms with van der Waals surface area (Å²) in [6, 6.07) is 14.4. The molecule has 0 bridgehead atoms. The standard InChI is InChI=1S/C17H15ClN2O2/c18-14-10-13(6-7-15(14)21)17-19-8-9-20(17)11-16(22)12-4-2-1-3-5-12/h1-10,16,21-22H,11H2. The quantitative estimate of drug-likeness (QED) is 0.773. The Morgan fingerprint density at radius 3 is 2.64 bits per heavy atom. The lowest BCUT2D eigenvalue weighted by atomic mass is 10.1. The summed E-state index contributed by atoms with van der Waals surface area (Å²) in [5.41, 5.74) is 1.64. The highest BCUT2D eigenvalue weighted by Gasteiger charge is 2.13. The SMILES string of the molecule is Oc1ccc(-c2nccn2CC(O)c2ccccc2)cc1Cl. The Morgan fingerprint density at radius 2 is 1.91 bits per heavy atom. The van der Waals surface area contributed by atoms with E-state index >= 15 is 0 Å². The zero-order valence-corrected chi connectivity index (χ0v) is 12.5. The maximum Gasteiger partial charge on any atom is 0.140 e. The van der Waals surface area contributed by atoms with Gasteiger partial charge in [-0.3, -0.25) is 0 Å². The highest BCUT2D eigenvalue weighted by molar-refractivity contribution is 6.32. The minimum atomic E-state index is -0.623. The van der Waals surface area contributed by atoms with Gasteiger partial charge < -0.3 is 14.8 Å². The van der Waals surface area contributed by atoms with Crippen LogP contribution in [0.4, 0.5) is 0 Å². The summed E-state index contributed by atoms with van der Waals surface area (Å²) in [5.74, 6) is 0.727. The molecular weight excluding hydrogens is 300 g/mol. The first kappa shape index (κ1) is 14.6. The van der Waals surface area contributed by atoms with Crippen molar-refractivity contribution >= 4 is 11.6 Å². The fourth-order valence-electron chi connectivity index (χ4n) is 2.33. The number of hydrogen-bond acceptors (Lipinski definition) is 3. The molecule has 2 N–H and O–H groups in total. The summed E-state index contributed by atoms with van der Waals surface area (Å²) in [6.45, 7) is 0.387. The van der Waals surface area contributed by atoms with E-state index in [1.807, 2.05) is 41.1 Å². The second-order valence-electron chi connectivity index (χ2n) is 5.00. The van der Waals surface area contributed by atoms with Crippen molar-refractivity contribution in [1.29, 1.82) is 0 Å². The molecule has 112 valence electrons. The Balaban J connectivity index is 1.87. The van der Waals surface area contributed by atoms with Crippen LogP contribution in [0, 0.1) is 0 Å². The number of hydrogen-bond donors (Lipinski definition) is 2. The molecule has 0 saturated carbocycles. The molecule has 3 rings (SSSR count). The molecule has 2 aromatic carbocycles. The van der Waals surface area contributed by atoms with E-state index in [4.69, 9.17) is 11.6 Å². The van der Waals surface area contributed by atoms with E-state index in [1.165, 1.54) is 6.07 Å². The van der Waals surface area contributed by atoms with E-state index in [1.54, 1.807) is 18.3 Å². The number of phenolic OH excluding ortho intramolecular Hbond substituents is 1. The minimum Gasteiger partial charge on any atom is -0.506 e. The first-order chi connectivity index (χ1) is 10.6. The van der Waals surface area contributed by atoms with Crippen LogP contribution in [0.5, 0.6) is 5.75 Å². The molecule has 0 aliphatic carbocycles. The summed E-state index contributed by atoms with van der Waals surface area (Å²) in [7, 11) is 0. The van der Waals surface area contributed by atoms with Crippen molar-refractivity contribution in [2.45, 2.75) is 12.6 Å². The monoisotopic (exact) mass is 314 g/mol. The van der Waals surface area contributed by atoms with Crippen LogP contribution in [-0.2, 0) is 6.54 Å². The fraction of sp³-hybridized carbons (Fsp3) is 0.118. The van der Waals surface area contributed by atoms with Crippen molar-refractivity contribution < 1.29 is 10.2 Å². The Bertz CT molecular complexity index is 771. The second kappa shape index (κ2) is 6.22. The number of aliphatic hydroxyl groups is 1. The number of aliphatic hydroxyl groups excluding tert-OH is 1. The lowest BCUT2D eigenvalue weighted by Crippen LogP contribution is -2.09. The van der Waals surface area contributed by atoms with Crippen LogP contribution in [0.25, 0.3) is 11.4 Å². The Kier molecular flexibility index (Phi) is 4.13. The average Bonchev–Trinajstić information content (AvgIpc) is 2.99. The number of aromatic hydroxyl groups is 1. The molecule has 4 nitrogen and oxygen atoms in total. The first-order valence-electron chi connectivity index (χ1n) is 6.88. The van der Waals surface area contributed by atoms with Gasteiger partial charge in [-0.15, -0.1) is 0 Å². The molecule has 0 aliphatic rings. The minimum absolute atomic E-state index is 0.0350. The van der Waals surface area contributed by atoms with Crippen LogP contribution in [0.1, 0.15) is 11.7 Å². The normalized spacial score (nSPS) is 12.3. The predicted molar refractivity (Wildman–Crippen MR) is 85.7 cm³/mol. The Labute approximate surface area is 133 Å². The number of rotatable bonds is 4. The van der Waals surface area contributed by atoms with E-state index in [2.05, 4.69) is 4.98 Å². The molecule has 3 aromatic rings. The molecule has 1 unspecified atom stereocenters. The highest BCUT2D eigenvalue weighted by atomic mass is 35.5. The van der Waals surface area contributed by atoms with Crippen LogP contribution in [0.3, 0.4) is 0 Å². The topological polar surface area (TPSA) is 58.3 Å². The maximum absolute atomic E-state index is 10.3. The number of nitrogens with zero attached hydrogens (tertiary/aromatic N) is 2. The number of benzene rings is 2. The summed E-state index contributed by atoms with van der Waals surface area (Å²) in [6.07, 6.45) is 2.86. The van der Waals surface area contributed by atoms with Gasteiger partial charge in [-0.25, -0.2) is 4.98 Å². The van der Waals surface area contributed by atoms with Gasteiger partial charge in [-0.2, -0.15) is 0 Å². The molecule has 0 amide bonds. The van der Waals surface area contributed by atoms with Gasteiger partial charge in [-0.1, -0.05) is 41.9 Å². The first-order valence-corrected chi connectivity index (χ1v) is 7.26. The Hall–Kier alpha value is -2.30. The van der Waals surface area contributed by atoms with Crippen molar-refractivity contribution in [2.24, 2.45) is 0 Å². The van der Waals surface area contributed by atoms with Crippen molar-refractivity contribution in [1.82, 2.24) is 9.55 Å². The third-order valence-electron chi connectivity index (χ3n) is 3.48. The van der Waals surface area contributed by atoms with Gasteiger partial charge in [0.1, 0.15) is 11.6 Å². The maximum atomic E-state index is 10.3. The summed E-state index contributed by atoms with van der Waals surface area (Å²) in [4.78, 5) is 4.32. The zero-order chi connectivity index (χ0) is 15.5. The molecule has 0 saturated heterocycles. The average molecular weight is 315 g/mol. The molecule has 1 heterocycles. The fourth-order valence-corrected chi connectivity index (χ4v) is 2.51. The number of phenols is 1. The second-order valence-corrected chi connectivity index (χ2v) is 5.40. The van der Waals surface area contributed by atoms with Crippen molar-refractivity contribution in [2.75, 3.05) is 0 Å². The van der Waals surface area contributed by atoms with Crippen LogP contribution in [0.15, 0.2) is 60.9 Å². The molecule has 0 spiro atoms. The molecule has 5 heteroatoms. The lowest BCUT2D eigenvalue weighted by Gasteiger charge is -2.14. The van der Waals surface area contributed by atoms with Crippen molar-refractivity contribution in [3.8, 4) is 17.1 Å². The van der Waals surface area contributed by atoms with Crippen molar-refractivity contribution in [3.05, 3.63) is 71.5 Å². The molecule has 1 atom stereocenters. The number of halogens is 1. The van der Waals surface area contributed by atoms with Gasteiger partial charge in [0.15, 0.2) is 0 Å². The van der Waals surface area contributed by atoms with Gasteiger partial charge in [0.25, 0.3) is 0 Å². The van der Waals surface area contributed by atoms with Crippen LogP contribution >= 0.6 is 11.6 Å². The third-order valence-corrected chi connectivity index (χ3v) is 3.78. The summed E-state index contributed by atoms with van der Waals surface area (Å²) in [5, 5.41) is 20.1. The molecule has 0 radical (unpaired) electrons. The van der Waals surface area contributed by atoms with E-state index in [-0.39, 0.29) is 10.8 Å². The van der Waals surface area contributed by atoms with Gasteiger partial charge in [-0.05, 0) is 23.8 Å². The van der Waals surface area contributed by atoms with E-state index in [9.17, 15) is 10.2 Å². The smallest absolute Gasteiger partial charge is 0.140 e. The van der Waals surface area contributed by atoms with Gasteiger partial charge in [0.05, 0.1) is 17.7 Å². The number of imidazole rings is 1. The third kappa shape index (κ3) is 2.98. The summed E-state index contributed by atoms with van der Waals surface area (Å²) < 4.78 is 1.86. The largest absolute Gasteiger partial charge is 0.506 e. The van der Waals surface area contributed by atoms with E-state index in [0.717, 1.165) is 11.1 Å². The molecule has 22 heavy (non-hydrogen) atoms. The van der Waals surface area contributed by atoms with Crippen LogP contribution < -0.4 is 0 Å². The highest BCUT2D eigenvalue weighted by Crippen LogP contribution is 2.29. The molecule has 0 aliphatic heterocycles. The molecular formula is C17H15ClN2O2. The van der Waals surface area contributed by atoms with Gasteiger partial charge in [0.2, 0.25) is 0 Å². The summed E-state index contributed by atoms with van der Waals surface area (Å²) >= 11 is 5.95. The van der Waals surface area contributed by atoms with Gasteiger partial charge in [0, 0.05) is 18.0 Å². The zero-order valence-electron chi connectivity index (χ0n) is 11.7. The predicted octanol–water partition coefficient (Wildman–Crippen LogP) is 3.64. The Morgan fingerprint density at radius 1 is 1.14 bits per heavy atom. The molecule has 0 fully saturated rings. The van der Waals surface area contributed by atoms with Crippen LogP contribution in [-0.4, -0.2) is 19.8 Å². The van der Waals surface area contributed by atoms with Crippen molar-refractivity contribution in [3.63, 3.8) is 0 Å². The number of aromatic nitrogens is 2. The van der Waals surface area contributed by atoms with E-state index < -0.39 is 6.10 Å². The lowest BCUT2D eigenvalue weighted by molar-refractivity contribution is 0.157. The molecule has 1 aromatic heterocycles. The van der Waals surface area contributed by atoms with Gasteiger partial charge >= 0.3 is 0 Å². The van der Waals surface area contributed by atoms with E-state index in [0.29, 0.717) is 12.4 Å².